The maximum absolute atomic E-state index is 11.7. The number of primary sulfonamides is 1. The molecule has 1 aromatic carbocycles. The van der Waals surface area contributed by atoms with E-state index in [-0.39, 0.29) is 10.8 Å². The van der Waals surface area contributed by atoms with Crippen LogP contribution in [-0.4, -0.2) is 15.0 Å². The Balaban J connectivity index is 3.24. The lowest BCUT2D eigenvalue weighted by Gasteiger charge is -2.16. The van der Waals surface area contributed by atoms with Gasteiger partial charge in [-0.2, -0.15) is 0 Å². The van der Waals surface area contributed by atoms with Crippen molar-refractivity contribution < 1.29 is 13.2 Å². The van der Waals surface area contributed by atoms with Crippen LogP contribution >= 0.6 is 0 Å². The molecule has 0 amide bonds. The Labute approximate surface area is 121 Å². The molecular formula is C15H23NO3S. The highest BCUT2D eigenvalue weighted by Gasteiger charge is 2.18. The van der Waals surface area contributed by atoms with Gasteiger partial charge in [0.1, 0.15) is 12.4 Å². The Morgan fingerprint density at radius 3 is 2.40 bits per heavy atom. The zero-order valence-electron chi connectivity index (χ0n) is 12.7. The molecule has 2 N–H and O–H groups in total. The minimum atomic E-state index is -3.72. The normalized spacial score (nSPS) is 11.6. The van der Waals surface area contributed by atoms with Gasteiger partial charge >= 0.3 is 0 Å². The molecule has 0 unspecified atom stereocenters. The molecule has 0 fully saturated rings. The monoisotopic (exact) mass is 297 g/mol. The lowest BCUT2D eigenvalue weighted by Crippen LogP contribution is -2.16. The molecule has 0 heterocycles. The van der Waals surface area contributed by atoms with Gasteiger partial charge in [0.05, 0.1) is 4.90 Å². The molecule has 0 bridgehead atoms. The van der Waals surface area contributed by atoms with E-state index in [9.17, 15) is 8.42 Å². The van der Waals surface area contributed by atoms with E-state index in [0.717, 1.165) is 5.56 Å². The Kier molecular flexibility index (Phi) is 5.36. The van der Waals surface area contributed by atoms with Crippen LogP contribution in [0.3, 0.4) is 0 Å². The fraction of sp³-hybridized carbons (Fsp3) is 0.467. The summed E-state index contributed by atoms with van der Waals surface area (Å²) in [4.78, 5) is 0.180. The van der Waals surface area contributed by atoms with Gasteiger partial charge in [-0.3, -0.25) is 0 Å². The average Bonchev–Trinajstić information content (AvgIpc) is 2.28. The smallest absolute Gasteiger partial charge is 0.238 e. The Bertz CT molecular complexity index is 612. The van der Waals surface area contributed by atoms with Crippen LogP contribution in [0.25, 0.3) is 0 Å². The third kappa shape index (κ3) is 4.35. The van der Waals surface area contributed by atoms with E-state index in [1.807, 2.05) is 40.7 Å². The summed E-state index contributed by atoms with van der Waals surface area (Å²) in [5, 5.41) is 5.28. The Morgan fingerprint density at radius 2 is 1.95 bits per heavy atom. The fourth-order valence-corrected chi connectivity index (χ4v) is 2.79. The van der Waals surface area contributed by atoms with Gasteiger partial charge in [-0.05, 0) is 56.0 Å². The molecule has 5 heteroatoms. The highest BCUT2D eigenvalue weighted by atomic mass is 32.2. The second kappa shape index (κ2) is 6.41. The van der Waals surface area contributed by atoms with E-state index in [1.54, 1.807) is 12.1 Å². The summed E-state index contributed by atoms with van der Waals surface area (Å²) in [7, 11) is -3.72. The highest BCUT2D eigenvalue weighted by Crippen LogP contribution is 2.30. The van der Waals surface area contributed by atoms with Crippen LogP contribution in [0.4, 0.5) is 0 Å². The van der Waals surface area contributed by atoms with Crippen LogP contribution in [0.15, 0.2) is 28.7 Å². The van der Waals surface area contributed by atoms with Gasteiger partial charge in [0.15, 0.2) is 0 Å². The van der Waals surface area contributed by atoms with Crippen molar-refractivity contribution in [3.63, 3.8) is 0 Å². The highest BCUT2D eigenvalue weighted by molar-refractivity contribution is 7.89. The summed E-state index contributed by atoms with van der Waals surface area (Å²) in [5.74, 6) is 0.744. The van der Waals surface area contributed by atoms with Gasteiger partial charge in [0, 0.05) is 0 Å². The second-order valence-electron chi connectivity index (χ2n) is 5.45. The van der Waals surface area contributed by atoms with Gasteiger partial charge in [-0.25, -0.2) is 13.6 Å². The van der Waals surface area contributed by atoms with E-state index < -0.39 is 10.0 Å². The standard InChI is InChI=1S/C15H23NO3S/c1-10(2)6-7-19-14-9-13(11(3)4)15(8-12(14)5)20(16,17)18/h6,8-9,11H,7H2,1-5H3,(H2,16,17,18). The molecule has 4 nitrogen and oxygen atoms in total. The molecule has 0 atom stereocenters. The van der Waals surface area contributed by atoms with Crippen molar-refractivity contribution in [2.45, 2.75) is 45.4 Å². The summed E-state index contributed by atoms with van der Waals surface area (Å²) in [6.07, 6.45) is 1.97. The molecule has 0 saturated carbocycles. The first kappa shape index (κ1) is 16.7. The first-order valence-electron chi connectivity index (χ1n) is 6.56. The summed E-state index contributed by atoms with van der Waals surface area (Å²) in [6.45, 7) is 10.1. The van der Waals surface area contributed by atoms with Crippen LogP contribution in [0, 0.1) is 6.92 Å². The topological polar surface area (TPSA) is 69.4 Å². The van der Waals surface area contributed by atoms with Crippen molar-refractivity contribution in [1.29, 1.82) is 0 Å². The van der Waals surface area contributed by atoms with E-state index in [4.69, 9.17) is 9.88 Å². The summed E-state index contributed by atoms with van der Waals surface area (Å²) < 4.78 is 29.0. The van der Waals surface area contributed by atoms with Gasteiger partial charge in [0.2, 0.25) is 10.0 Å². The van der Waals surface area contributed by atoms with Gasteiger partial charge in [-0.1, -0.05) is 19.4 Å². The first-order valence-corrected chi connectivity index (χ1v) is 8.11. The molecule has 0 aliphatic rings. The molecule has 0 spiro atoms. The number of nitrogens with two attached hydrogens (primary N) is 1. The summed E-state index contributed by atoms with van der Waals surface area (Å²) in [5.41, 5.74) is 2.62. The lowest BCUT2D eigenvalue weighted by atomic mass is 10.0. The van der Waals surface area contributed by atoms with Crippen LogP contribution in [-0.2, 0) is 10.0 Å². The molecular weight excluding hydrogens is 274 g/mol. The number of hydrogen-bond donors (Lipinski definition) is 1. The Morgan fingerprint density at radius 1 is 1.35 bits per heavy atom. The maximum Gasteiger partial charge on any atom is 0.238 e. The van der Waals surface area contributed by atoms with Crippen molar-refractivity contribution in [2.24, 2.45) is 5.14 Å². The minimum absolute atomic E-state index is 0.0507. The molecule has 1 rings (SSSR count). The van der Waals surface area contributed by atoms with Gasteiger partial charge in [-0.15, -0.1) is 0 Å². The number of aryl methyl sites for hydroxylation is 1. The average molecular weight is 297 g/mol. The molecule has 0 aliphatic heterocycles. The van der Waals surface area contributed by atoms with Crippen molar-refractivity contribution >= 4 is 10.0 Å². The number of ether oxygens (including phenoxy) is 1. The van der Waals surface area contributed by atoms with Crippen molar-refractivity contribution in [3.8, 4) is 5.75 Å². The fourth-order valence-electron chi connectivity index (χ4n) is 1.83. The van der Waals surface area contributed by atoms with E-state index >= 15 is 0 Å². The predicted octanol–water partition coefficient (Wildman–Crippen LogP) is 3.11. The third-order valence-corrected chi connectivity index (χ3v) is 3.93. The van der Waals surface area contributed by atoms with Crippen molar-refractivity contribution in [3.05, 3.63) is 34.9 Å². The second-order valence-corrected chi connectivity index (χ2v) is 6.98. The molecule has 0 aromatic heterocycles. The first-order chi connectivity index (χ1) is 9.12. The molecule has 20 heavy (non-hydrogen) atoms. The number of rotatable bonds is 5. The van der Waals surface area contributed by atoms with E-state index in [0.29, 0.717) is 17.9 Å². The van der Waals surface area contributed by atoms with Crippen LogP contribution < -0.4 is 9.88 Å². The Hall–Kier alpha value is -1.33. The molecule has 0 aliphatic carbocycles. The largest absolute Gasteiger partial charge is 0.489 e. The number of sulfonamides is 1. The quantitative estimate of drug-likeness (QED) is 0.849. The third-order valence-electron chi connectivity index (χ3n) is 2.97. The molecule has 0 radical (unpaired) electrons. The van der Waals surface area contributed by atoms with E-state index in [2.05, 4.69) is 0 Å². The number of benzene rings is 1. The SMILES string of the molecule is CC(C)=CCOc1cc(C(C)C)c(S(N)(=O)=O)cc1C. The molecule has 0 saturated heterocycles. The van der Waals surface area contributed by atoms with Crippen LogP contribution in [0.1, 0.15) is 44.7 Å². The number of hydrogen-bond acceptors (Lipinski definition) is 3. The maximum atomic E-state index is 11.7. The van der Waals surface area contributed by atoms with Crippen LogP contribution in [0.5, 0.6) is 5.75 Å². The zero-order chi connectivity index (χ0) is 15.5. The van der Waals surface area contributed by atoms with Gasteiger partial charge < -0.3 is 4.74 Å². The van der Waals surface area contributed by atoms with Crippen molar-refractivity contribution in [2.75, 3.05) is 6.61 Å². The van der Waals surface area contributed by atoms with Crippen molar-refractivity contribution in [1.82, 2.24) is 0 Å². The predicted molar refractivity (Wildman–Crippen MR) is 81.6 cm³/mol. The van der Waals surface area contributed by atoms with Crippen LogP contribution in [0.2, 0.25) is 0 Å². The molecule has 1 aromatic rings. The summed E-state index contributed by atoms with van der Waals surface area (Å²) >= 11 is 0. The lowest BCUT2D eigenvalue weighted by molar-refractivity contribution is 0.358. The van der Waals surface area contributed by atoms with E-state index in [1.165, 1.54) is 5.57 Å². The summed E-state index contributed by atoms with van der Waals surface area (Å²) in [6, 6.07) is 3.36. The zero-order valence-corrected chi connectivity index (χ0v) is 13.5. The number of allylic oxidation sites excluding steroid dienone is 1. The molecule has 112 valence electrons. The minimum Gasteiger partial charge on any atom is -0.489 e. The van der Waals surface area contributed by atoms with Gasteiger partial charge in [0.25, 0.3) is 0 Å².